The monoisotopic (exact) mass is 331 g/mol. The fourth-order valence-electron chi connectivity index (χ4n) is 2.49. The Kier molecular flexibility index (Phi) is 6.75. The molecule has 6 heteroatoms. The van der Waals surface area contributed by atoms with E-state index in [0.29, 0.717) is 6.61 Å². The number of rotatable bonds is 9. The van der Waals surface area contributed by atoms with Crippen molar-refractivity contribution in [1.29, 1.82) is 0 Å². The summed E-state index contributed by atoms with van der Waals surface area (Å²) in [5, 5.41) is 7.84. The van der Waals surface area contributed by atoms with Crippen LogP contribution in [0, 0.1) is 0 Å². The average molecular weight is 331 g/mol. The van der Waals surface area contributed by atoms with E-state index in [2.05, 4.69) is 53.2 Å². The summed E-state index contributed by atoms with van der Waals surface area (Å²) in [5.74, 6) is 0.914. The van der Waals surface area contributed by atoms with Gasteiger partial charge in [0.05, 0.1) is 6.04 Å². The summed E-state index contributed by atoms with van der Waals surface area (Å²) in [4.78, 5) is 6.12. The van der Waals surface area contributed by atoms with Crippen molar-refractivity contribution in [1.82, 2.24) is 25.0 Å². The van der Waals surface area contributed by atoms with E-state index in [9.17, 15) is 0 Å². The number of nitrogens with zero attached hydrogens (tertiary/aromatic N) is 4. The molecule has 0 saturated carbocycles. The number of benzene rings is 1. The van der Waals surface area contributed by atoms with Crippen molar-refractivity contribution < 1.29 is 4.74 Å². The normalized spacial score (nSPS) is 15.2. The lowest BCUT2D eigenvalue weighted by molar-refractivity contribution is 0.261. The Morgan fingerprint density at radius 2 is 1.88 bits per heavy atom. The predicted octanol–water partition coefficient (Wildman–Crippen LogP) is 2.52. The summed E-state index contributed by atoms with van der Waals surface area (Å²) < 4.78 is 7.62. The second-order valence-corrected chi connectivity index (χ2v) is 6.51. The van der Waals surface area contributed by atoms with Crippen LogP contribution < -0.4 is 10.1 Å². The standard InChI is InChI=1S/C18H29N5O/c1-14(16(3)23-13-19-12-20-23)21-15(2)17-6-8-18(9-7-17)24-11-10-22(4)5/h6-9,12-16,21H,10-11H2,1-5H3. The van der Waals surface area contributed by atoms with Crippen LogP contribution in [0.15, 0.2) is 36.9 Å². The van der Waals surface area contributed by atoms with E-state index in [1.54, 1.807) is 12.7 Å². The molecule has 2 aromatic rings. The Bertz CT molecular complexity index is 582. The van der Waals surface area contributed by atoms with Crippen LogP contribution in [0.4, 0.5) is 0 Å². The molecule has 1 aromatic heterocycles. The van der Waals surface area contributed by atoms with E-state index >= 15 is 0 Å². The molecule has 0 saturated heterocycles. The molecule has 1 N–H and O–H groups in total. The molecule has 0 radical (unpaired) electrons. The molecule has 0 aliphatic carbocycles. The van der Waals surface area contributed by atoms with Gasteiger partial charge in [0, 0.05) is 18.6 Å². The third-order valence-electron chi connectivity index (χ3n) is 4.28. The zero-order valence-electron chi connectivity index (χ0n) is 15.3. The molecule has 0 bridgehead atoms. The van der Waals surface area contributed by atoms with E-state index in [0.717, 1.165) is 12.3 Å². The summed E-state index contributed by atoms with van der Waals surface area (Å²) in [6, 6.07) is 9.08. The third-order valence-corrected chi connectivity index (χ3v) is 4.28. The highest BCUT2D eigenvalue weighted by atomic mass is 16.5. The van der Waals surface area contributed by atoms with E-state index < -0.39 is 0 Å². The maximum Gasteiger partial charge on any atom is 0.137 e. The smallest absolute Gasteiger partial charge is 0.137 e. The van der Waals surface area contributed by atoms with Crippen molar-refractivity contribution in [3.8, 4) is 5.75 Å². The van der Waals surface area contributed by atoms with Crippen molar-refractivity contribution in [2.24, 2.45) is 0 Å². The van der Waals surface area contributed by atoms with Gasteiger partial charge in [0.1, 0.15) is 25.0 Å². The Labute approximate surface area is 144 Å². The van der Waals surface area contributed by atoms with Crippen LogP contribution in [0.5, 0.6) is 5.75 Å². The van der Waals surface area contributed by atoms with Crippen molar-refractivity contribution in [3.63, 3.8) is 0 Å². The first-order chi connectivity index (χ1) is 11.5. The van der Waals surface area contributed by atoms with Crippen LogP contribution in [0.3, 0.4) is 0 Å². The van der Waals surface area contributed by atoms with Crippen LogP contribution >= 0.6 is 0 Å². The Morgan fingerprint density at radius 1 is 1.17 bits per heavy atom. The van der Waals surface area contributed by atoms with Crippen molar-refractivity contribution in [3.05, 3.63) is 42.5 Å². The second-order valence-electron chi connectivity index (χ2n) is 6.51. The zero-order chi connectivity index (χ0) is 17.5. The molecule has 3 unspecified atom stereocenters. The van der Waals surface area contributed by atoms with Gasteiger partial charge >= 0.3 is 0 Å². The highest BCUT2D eigenvalue weighted by Crippen LogP contribution is 2.20. The van der Waals surface area contributed by atoms with Gasteiger partial charge in [0.2, 0.25) is 0 Å². The first-order valence-electron chi connectivity index (χ1n) is 8.45. The second kappa shape index (κ2) is 8.80. The number of likely N-dealkylation sites (N-methyl/N-ethyl adjacent to an activating group) is 1. The van der Waals surface area contributed by atoms with Gasteiger partial charge in [-0.05, 0) is 52.6 Å². The maximum atomic E-state index is 5.74. The highest BCUT2D eigenvalue weighted by Gasteiger charge is 2.17. The Hall–Kier alpha value is -1.92. The molecule has 132 valence electrons. The molecule has 0 aliphatic rings. The van der Waals surface area contributed by atoms with Crippen LogP contribution in [0.2, 0.25) is 0 Å². The molecule has 24 heavy (non-hydrogen) atoms. The Morgan fingerprint density at radius 3 is 2.46 bits per heavy atom. The van der Waals surface area contributed by atoms with Crippen LogP contribution in [-0.4, -0.2) is 53.0 Å². The van der Waals surface area contributed by atoms with Crippen LogP contribution in [0.25, 0.3) is 0 Å². The number of nitrogens with one attached hydrogen (secondary N) is 1. The molecule has 0 aliphatic heterocycles. The van der Waals surface area contributed by atoms with Gasteiger partial charge in [0.15, 0.2) is 0 Å². The lowest BCUT2D eigenvalue weighted by Gasteiger charge is -2.25. The van der Waals surface area contributed by atoms with Gasteiger partial charge in [-0.3, -0.25) is 0 Å². The summed E-state index contributed by atoms with van der Waals surface area (Å²) in [5.41, 5.74) is 1.24. The predicted molar refractivity (Wildman–Crippen MR) is 96.2 cm³/mol. The van der Waals surface area contributed by atoms with Gasteiger partial charge in [-0.15, -0.1) is 0 Å². The lowest BCUT2D eigenvalue weighted by atomic mass is 10.1. The summed E-state index contributed by atoms with van der Waals surface area (Å²) >= 11 is 0. The van der Waals surface area contributed by atoms with Gasteiger partial charge in [-0.25, -0.2) is 9.67 Å². The molecule has 3 atom stereocenters. The van der Waals surface area contributed by atoms with Gasteiger partial charge < -0.3 is 15.0 Å². The minimum Gasteiger partial charge on any atom is -0.492 e. The fraction of sp³-hybridized carbons (Fsp3) is 0.556. The number of aromatic nitrogens is 3. The quantitative estimate of drug-likeness (QED) is 0.765. The van der Waals surface area contributed by atoms with Crippen molar-refractivity contribution in [2.75, 3.05) is 27.2 Å². The number of ether oxygens (including phenoxy) is 1. The van der Waals surface area contributed by atoms with Gasteiger partial charge in [0.25, 0.3) is 0 Å². The zero-order valence-corrected chi connectivity index (χ0v) is 15.3. The molecular formula is C18H29N5O. The minimum atomic E-state index is 0.239. The molecule has 0 amide bonds. The fourth-order valence-corrected chi connectivity index (χ4v) is 2.49. The molecule has 1 heterocycles. The summed E-state index contributed by atoms with van der Waals surface area (Å²) in [7, 11) is 4.09. The molecule has 0 spiro atoms. The van der Waals surface area contributed by atoms with Crippen LogP contribution in [-0.2, 0) is 0 Å². The van der Waals surface area contributed by atoms with Gasteiger partial charge in [-0.2, -0.15) is 5.10 Å². The first kappa shape index (κ1) is 18.4. The van der Waals surface area contributed by atoms with Crippen molar-refractivity contribution >= 4 is 0 Å². The molecule has 2 rings (SSSR count). The van der Waals surface area contributed by atoms with E-state index in [-0.39, 0.29) is 18.1 Å². The SMILES string of the molecule is CC(NC(C)C(C)n1cncn1)c1ccc(OCCN(C)C)cc1. The molecule has 0 fully saturated rings. The topological polar surface area (TPSA) is 55.2 Å². The lowest BCUT2D eigenvalue weighted by Crippen LogP contribution is -2.35. The third kappa shape index (κ3) is 5.32. The first-order valence-corrected chi connectivity index (χ1v) is 8.45. The summed E-state index contributed by atoms with van der Waals surface area (Å²) in [6.07, 6.45) is 3.33. The number of hydrogen-bond acceptors (Lipinski definition) is 5. The molecule has 6 nitrogen and oxygen atoms in total. The summed E-state index contributed by atoms with van der Waals surface area (Å²) in [6.45, 7) is 8.10. The van der Waals surface area contributed by atoms with E-state index in [1.807, 2.05) is 30.9 Å². The van der Waals surface area contributed by atoms with E-state index in [1.165, 1.54) is 5.56 Å². The highest BCUT2D eigenvalue weighted by molar-refractivity contribution is 5.29. The molecule has 1 aromatic carbocycles. The molecular weight excluding hydrogens is 302 g/mol. The average Bonchev–Trinajstić information content (AvgIpc) is 3.08. The number of hydrogen-bond donors (Lipinski definition) is 1. The van der Waals surface area contributed by atoms with Crippen molar-refractivity contribution in [2.45, 2.75) is 38.9 Å². The van der Waals surface area contributed by atoms with E-state index in [4.69, 9.17) is 4.74 Å². The maximum absolute atomic E-state index is 5.74. The largest absolute Gasteiger partial charge is 0.492 e. The van der Waals surface area contributed by atoms with Gasteiger partial charge in [-0.1, -0.05) is 12.1 Å². The Balaban J connectivity index is 1.86. The van der Waals surface area contributed by atoms with Crippen LogP contribution in [0.1, 0.15) is 38.4 Å². The minimum absolute atomic E-state index is 0.239.